The molecule has 0 radical (unpaired) electrons. The minimum atomic E-state index is -0.118. The lowest BCUT2D eigenvalue weighted by molar-refractivity contribution is -0.137. The minimum Gasteiger partial charge on any atom is -0.353 e. The van der Waals surface area contributed by atoms with Crippen molar-refractivity contribution in [1.82, 2.24) is 10.2 Å². The molecule has 1 saturated heterocycles. The highest BCUT2D eigenvalue weighted by atomic mass is 16.2. The van der Waals surface area contributed by atoms with Crippen molar-refractivity contribution in [3.63, 3.8) is 0 Å². The van der Waals surface area contributed by atoms with Crippen LogP contribution in [-0.2, 0) is 10.2 Å². The Labute approximate surface area is 163 Å². The van der Waals surface area contributed by atoms with E-state index in [9.17, 15) is 4.79 Å². The van der Waals surface area contributed by atoms with Crippen molar-refractivity contribution in [2.24, 2.45) is 17.3 Å². The van der Waals surface area contributed by atoms with E-state index in [0.29, 0.717) is 11.9 Å². The van der Waals surface area contributed by atoms with Crippen LogP contribution in [0.2, 0.25) is 0 Å². The first-order valence-corrected chi connectivity index (χ1v) is 11.1. The highest BCUT2D eigenvalue weighted by molar-refractivity contribution is 5.83. The molecular weight excluding hydrogens is 332 g/mol. The van der Waals surface area contributed by atoms with E-state index < -0.39 is 0 Å². The fourth-order valence-electron chi connectivity index (χ4n) is 7.20. The number of piperidine rings is 1. The third-order valence-electron chi connectivity index (χ3n) is 8.33. The Balaban J connectivity index is 1.42. The van der Waals surface area contributed by atoms with E-state index in [1.807, 2.05) is 0 Å². The van der Waals surface area contributed by atoms with Gasteiger partial charge in [0.05, 0.1) is 5.41 Å². The maximum Gasteiger partial charge on any atom is 0.226 e. The number of amides is 1. The summed E-state index contributed by atoms with van der Waals surface area (Å²) in [5.74, 6) is 1.96. The maximum atomic E-state index is 13.6. The Morgan fingerprint density at radius 1 is 1.04 bits per heavy atom. The topological polar surface area (TPSA) is 32.3 Å². The smallest absolute Gasteiger partial charge is 0.226 e. The molecular formula is C24H34N2O. The summed E-state index contributed by atoms with van der Waals surface area (Å²) in [7, 11) is 2.19. The summed E-state index contributed by atoms with van der Waals surface area (Å²) in [6.45, 7) is 2.22. The van der Waals surface area contributed by atoms with Crippen LogP contribution < -0.4 is 5.32 Å². The lowest BCUT2D eigenvalue weighted by Crippen LogP contribution is -2.54. The fourth-order valence-corrected chi connectivity index (χ4v) is 7.20. The quantitative estimate of drug-likeness (QED) is 0.872. The molecule has 5 fully saturated rings. The van der Waals surface area contributed by atoms with Gasteiger partial charge < -0.3 is 10.2 Å². The van der Waals surface area contributed by atoms with Crippen LogP contribution in [0.25, 0.3) is 0 Å². The van der Waals surface area contributed by atoms with Crippen molar-refractivity contribution in [1.29, 1.82) is 0 Å². The highest BCUT2D eigenvalue weighted by Gasteiger charge is 2.58. The molecule has 0 aromatic heterocycles. The molecule has 3 nitrogen and oxygen atoms in total. The van der Waals surface area contributed by atoms with Crippen LogP contribution >= 0.6 is 0 Å². The Morgan fingerprint density at radius 3 is 2.56 bits per heavy atom. The number of hydrogen-bond acceptors (Lipinski definition) is 2. The van der Waals surface area contributed by atoms with Gasteiger partial charge >= 0.3 is 0 Å². The summed E-state index contributed by atoms with van der Waals surface area (Å²) in [4.78, 5) is 16.0. The van der Waals surface area contributed by atoms with E-state index in [2.05, 4.69) is 47.6 Å². The van der Waals surface area contributed by atoms with Gasteiger partial charge in [-0.2, -0.15) is 0 Å². The van der Waals surface area contributed by atoms with E-state index >= 15 is 0 Å². The number of rotatable bonds is 3. The normalized spacial score (nSPS) is 39.3. The molecule has 4 saturated carbocycles. The number of carbonyl (C=O) groups excluding carboxylic acids is 1. The van der Waals surface area contributed by atoms with Crippen molar-refractivity contribution < 1.29 is 4.79 Å². The zero-order valence-corrected chi connectivity index (χ0v) is 16.8. The molecule has 3 heteroatoms. The van der Waals surface area contributed by atoms with Crippen molar-refractivity contribution in [2.75, 3.05) is 20.1 Å². The predicted molar refractivity (Wildman–Crippen MR) is 109 cm³/mol. The summed E-state index contributed by atoms with van der Waals surface area (Å²) in [5, 5.41) is 3.53. The molecule has 27 heavy (non-hydrogen) atoms. The first-order valence-electron chi connectivity index (χ1n) is 11.1. The molecule has 1 N–H and O–H groups in total. The average Bonchev–Trinajstić information content (AvgIpc) is 2.88. The first kappa shape index (κ1) is 17.7. The molecule has 4 aliphatic carbocycles. The third-order valence-corrected chi connectivity index (χ3v) is 8.33. The van der Waals surface area contributed by atoms with Gasteiger partial charge in [0.25, 0.3) is 0 Å². The lowest BCUT2D eigenvalue weighted by atomic mass is 9.52. The number of likely N-dealkylation sites (tertiary alicyclic amines) is 1. The van der Waals surface area contributed by atoms with Crippen LogP contribution in [0.15, 0.2) is 30.3 Å². The van der Waals surface area contributed by atoms with E-state index in [1.54, 1.807) is 0 Å². The molecule has 1 aliphatic heterocycles. The van der Waals surface area contributed by atoms with Gasteiger partial charge in [0.1, 0.15) is 0 Å². The molecule has 0 spiro atoms. The monoisotopic (exact) mass is 366 g/mol. The van der Waals surface area contributed by atoms with Gasteiger partial charge in [0.2, 0.25) is 5.91 Å². The molecule has 6 rings (SSSR count). The van der Waals surface area contributed by atoms with Crippen molar-refractivity contribution >= 4 is 5.91 Å². The zero-order chi connectivity index (χ0) is 18.5. The van der Waals surface area contributed by atoms with Crippen molar-refractivity contribution in [3.8, 4) is 0 Å². The summed E-state index contributed by atoms with van der Waals surface area (Å²) in [6.07, 6.45) is 10.8. The molecule has 4 bridgehead atoms. The number of hydrogen-bond donors (Lipinski definition) is 1. The SMILES string of the molecule is CN1CCC(NC(=O)C23CCC4CC(C2)CC(c2ccccc2)(C4)C3)CC1. The van der Waals surface area contributed by atoms with Crippen LogP contribution in [0.4, 0.5) is 0 Å². The average molecular weight is 367 g/mol. The van der Waals surface area contributed by atoms with E-state index in [0.717, 1.165) is 57.0 Å². The standard InChI is InChI=1S/C24H34N2O/c1-26-11-8-21(9-12-26)25-22(27)23-10-7-18-13-19(15-23)16-24(14-18,17-23)20-5-3-2-4-6-20/h2-6,18-19,21H,7-17H2,1H3,(H,25,27). The second kappa shape index (κ2) is 6.62. The number of fused-ring (bicyclic) bond motifs is 1. The van der Waals surface area contributed by atoms with Gasteiger partial charge in [0, 0.05) is 6.04 Å². The Kier molecular flexibility index (Phi) is 4.34. The van der Waals surface area contributed by atoms with Crippen LogP contribution in [-0.4, -0.2) is 37.0 Å². The van der Waals surface area contributed by atoms with Crippen LogP contribution in [0, 0.1) is 17.3 Å². The van der Waals surface area contributed by atoms with Crippen molar-refractivity contribution in [2.45, 2.75) is 69.2 Å². The van der Waals surface area contributed by atoms with Gasteiger partial charge in [0.15, 0.2) is 0 Å². The zero-order valence-electron chi connectivity index (χ0n) is 16.8. The van der Waals surface area contributed by atoms with Gasteiger partial charge in [-0.15, -0.1) is 0 Å². The lowest BCUT2D eigenvalue weighted by Gasteiger charge is -2.52. The Morgan fingerprint density at radius 2 is 1.78 bits per heavy atom. The van der Waals surface area contributed by atoms with E-state index in [-0.39, 0.29) is 10.8 Å². The first-order chi connectivity index (χ1) is 13.1. The highest BCUT2D eigenvalue weighted by Crippen LogP contribution is 2.63. The molecule has 4 atom stereocenters. The molecule has 1 aromatic rings. The fraction of sp³-hybridized carbons (Fsp3) is 0.708. The van der Waals surface area contributed by atoms with Crippen LogP contribution in [0.1, 0.15) is 63.4 Å². The number of carbonyl (C=O) groups is 1. The summed E-state index contributed by atoms with van der Waals surface area (Å²) in [6, 6.07) is 11.5. The van der Waals surface area contributed by atoms with Crippen LogP contribution in [0.3, 0.4) is 0 Å². The predicted octanol–water partition coefficient (Wildman–Crippen LogP) is 4.13. The van der Waals surface area contributed by atoms with E-state index in [4.69, 9.17) is 0 Å². The number of benzene rings is 1. The Hall–Kier alpha value is -1.35. The second-order valence-electron chi connectivity index (χ2n) is 10.3. The molecule has 1 amide bonds. The molecule has 5 aliphatic rings. The van der Waals surface area contributed by atoms with Crippen LogP contribution in [0.5, 0.6) is 0 Å². The summed E-state index contributed by atoms with van der Waals surface area (Å²) in [5.41, 5.74) is 1.62. The summed E-state index contributed by atoms with van der Waals surface area (Å²) < 4.78 is 0. The molecule has 4 unspecified atom stereocenters. The van der Waals surface area contributed by atoms with Gasteiger partial charge in [-0.25, -0.2) is 0 Å². The number of nitrogens with zero attached hydrogens (tertiary/aromatic N) is 1. The second-order valence-corrected chi connectivity index (χ2v) is 10.3. The van der Waals surface area contributed by atoms with Crippen molar-refractivity contribution in [3.05, 3.63) is 35.9 Å². The van der Waals surface area contributed by atoms with Gasteiger partial charge in [-0.3, -0.25) is 4.79 Å². The third kappa shape index (κ3) is 3.12. The molecule has 1 aromatic carbocycles. The summed E-state index contributed by atoms with van der Waals surface area (Å²) >= 11 is 0. The van der Waals surface area contributed by atoms with E-state index in [1.165, 1.54) is 31.2 Å². The molecule has 1 heterocycles. The van der Waals surface area contributed by atoms with Gasteiger partial charge in [-0.05, 0) is 101 Å². The largest absolute Gasteiger partial charge is 0.353 e. The maximum absolute atomic E-state index is 13.6. The Bertz CT molecular complexity index is 696. The number of nitrogens with one attached hydrogen (secondary N) is 1. The molecule has 146 valence electrons. The van der Waals surface area contributed by atoms with Gasteiger partial charge in [-0.1, -0.05) is 30.3 Å². The minimum absolute atomic E-state index is 0.118.